The summed E-state index contributed by atoms with van der Waals surface area (Å²) < 4.78 is 0. The number of fused-ring (bicyclic) bond motifs is 1. The molecule has 0 radical (unpaired) electrons. The van der Waals surface area contributed by atoms with E-state index in [-0.39, 0.29) is 16.9 Å². The molecule has 2 aliphatic carbocycles. The van der Waals surface area contributed by atoms with Crippen molar-refractivity contribution in [3.8, 4) is 0 Å². The Morgan fingerprint density at radius 2 is 2.20 bits per heavy atom. The molecule has 1 saturated carbocycles. The highest BCUT2D eigenvalue weighted by Gasteiger charge is 2.53. The van der Waals surface area contributed by atoms with Gasteiger partial charge < -0.3 is 5.32 Å². The van der Waals surface area contributed by atoms with Crippen LogP contribution in [0.15, 0.2) is 23.8 Å². The van der Waals surface area contributed by atoms with Gasteiger partial charge in [0.1, 0.15) is 0 Å². The Morgan fingerprint density at radius 1 is 1.53 bits per heavy atom. The Bertz CT molecular complexity index is 359. The van der Waals surface area contributed by atoms with E-state index in [1.54, 1.807) is 0 Å². The number of hydrogen-bond acceptors (Lipinski definition) is 1. The average molecular weight is 205 g/mol. The van der Waals surface area contributed by atoms with Crippen LogP contribution in [-0.4, -0.2) is 11.4 Å². The zero-order valence-corrected chi connectivity index (χ0v) is 9.92. The Hall–Kier alpha value is -1.05. The predicted molar refractivity (Wildman–Crippen MR) is 61.3 cm³/mol. The van der Waals surface area contributed by atoms with Gasteiger partial charge in [-0.15, -0.1) is 0 Å². The Balaban J connectivity index is 2.05. The number of rotatable bonds is 1. The van der Waals surface area contributed by atoms with Crippen LogP contribution in [0.2, 0.25) is 0 Å². The summed E-state index contributed by atoms with van der Waals surface area (Å²) in [6.45, 7) is 7.95. The predicted octanol–water partition coefficient (Wildman–Crippen LogP) is 2.42. The van der Waals surface area contributed by atoms with E-state index in [1.807, 2.05) is 20.8 Å². The molecule has 15 heavy (non-hydrogen) atoms. The van der Waals surface area contributed by atoms with Crippen molar-refractivity contribution in [2.45, 2.75) is 39.7 Å². The highest BCUT2D eigenvalue weighted by molar-refractivity contribution is 5.83. The molecule has 0 aliphatic heterocycles. The third kappa shape index (κ3) is 1.85. The second-order valence-electron chi connectivity index (χ2n) is 5.80. The topological polar surface area (TPSA) is 29.1 Å². The minimum Gasteiger partial charge on any atom is -0.346 e. The summed E-state index contributed by atoms with van der Waals surface area (Å²) in [6.07, 6.45) is 7.56. The standard InChI is InChI=1S/C13H19NO/c1-9-5-6-13(8-10(13)7-9)14-11(15)12(2,3)4/h5-7,10H,8H2,1-4H3,(H,14,15). The van der Waals surface area contributed by atoms with Crippen LogP contribution in [0.3, 0.4) is 0 Å². The van der Waals surface area contributed by atoms with Crippen LogP contribution >= 0.6 is 0 Å². The fourth-order valence-corrected chi connectivity index (χ4v) is 1.94. The van der Waals surface area contributed by atoms with Crippen molar-refractivity contribution >= 4 is 5.91 Å². The maximum atomic E-state index is 11.9. The highest BCUT2D eigenvalue weighted by Crippen LogP contribution is 2.49. The molecule has 2 rings (SSSR count). The molecule has 0 aromatic carbocycles. The largest absolute Gasteiger partial charge is 0.346 e. The van der Waals surface area contributed by atoms with Crippen molar-refractivity contribution in [3.05, 3.63) is 23.8 Å². The van der Waals surface area contributed by atoms with Gasteiger partial charge in [0.05, 0.1) is 5.54 Å². The number of amides is 1. The van der Waals surface area contributed by atoms with Crippen LogP contribution in [0.5, 0.6) is 0 Å². The van der Waals surface area contributed by atoms with Gasteiger partial charge in [-0.3, -0.25) is 4.79 Å². The van der Waals surface area contributed by atoms with E-state index in [4.69, 9.17) is 0 Å². The van der Waals surface area contributed by atoms with Gasteiger partial charge >= 0.3 is 0 Å². The second-order valence-corrected chi connectivity index (χ2v) is 5.80. The molecule has 0 heterocycles. The first kappa shape index (κ1) is 10.5. The van der Waals surface area contributed by atoms with Gasteiger partial charge in [0.25, 0.3) is 0 Å². The summed E-state index contributed by atoms with van der Waals surface area (Å²) in [4.78, 5) is 11.9. The first-order valence-corrected chi connectivity index (χ1v) is 5.54. The lowest BCUT2D eigenvalue weighted by molar-refractivity contribution is -0.129. The number of nitrogens with one attached hydrogen (secondary N) is 1. The van der Waals surface area contributed by atoms with Crippen molar-refractivity contribution in [3.63, 3.8) is 0 Å². The van der Waals surface area contributed by atoms with Crippen molar-refractivity contribution in [2.75, 3.05) is 0 Å². The lowest BCUT2D eigenvalue weighted by Gasteiger charge is -2.24. The lowest BCUT2D eigenvalue weighted by atomic mass is 9.94. The summed E-state index contributed by atoms with van der Waals surface area (Å²) in [7, 11) is 0. The van der Waals surface area contributed by atoms with Crippen molar-refractivity contribution in [1.82, 2.24) is 5.32 Å². The van der Waals surface area contributed by atoms with Crippen LogP contribution in [-0.2, 0) is 4.79 Å². The third-order valence-electron chi connectivity index (χ3n) is 3.19. The maximum Gasteiger partial charge on any atom is 0.226 e. The van der Waals surface area contributed by atoms with Gasteiger partial charge in [0.15, 0.2) is 0 Å². The minimum absolute atomic E-state index is 0.0517. The van der Waals surface area contributed by atoms with Crippen molar-refractivity contribution in [2.24, 2.45) is 11.3 Å². The van der Waals surface area contributed by atoms with Crippen LogP contribution in [0.4, 0.5) is 0 Å². The van der Waals surface area contributed by atoms with E-state index in [9.17, 15) is 4.79 Å². The summed E-state index contributed by atoms with van der Waals surface area (Å²) >= 11 is 0. The quantitative estimate of drug-likeness (QED) is 0.700. The fraction of sp³-hybridized carbons (Fsp3) is 0.615. The average Bonchev–Trinajstić information content (AvgIpc) is 2.76. The SMILES string of the molecule is CC1=CC2CC2(NC(=O)C(C)(C)C)C=C1. The number of hydrogen-bond donors (Lipinski definition) is 1. The minimum atomic E-state index is -0.300. The number of carbonyl (C=O) groups is 1. The molecule has 2 unspecified atom stereocenters. The van der Waals surface area contributed by atoms with Gasteiger partial charge in [-0.25, -0.2) is 0 Å². The van der Waals surface area contributed by atoms with Crippen LogP contribution in [0.1, 0.15) is 34.1 Å². The summed E-state index contributed by atoms with van der Waals surface area (Å²) in [6, 6.07) is 0. The van der Waals surface area contributed by atoms with Gasteiger partial charge in [-0.1, -0.05) is 44.6 Å². The lowest BCUT2D eigenvalue weighted by Crippen LogP contribution is -2.43. The van der Waals surface area contributed by atoms with E-state index < -0.39 is 0 Å². The maximum absolute atomic E-state index is 11.9. The van der Waals surface area contributed by atoms with E-state index >= 15 is 0 Å². The highest BCUT2D eigenvalue weighted by atomic mass is 16.2. The normalized spacial score (nSPS) is 33.1. The van der Waals surface area contributed by atoms with Gasteiger partial charge in [-0.05, 0) is 13.3 Å². The smallest absolute Gasteiger partial charge is 0.226 e. The molecule has 2 heteroatoms. The van der Waals surface area contributed by atoms with Crippen molar-refractivity contribution in [1.29, 1.82) is 0 Å². The van der Waals surface area contributed by atoms with Crippen LogP contribution in [0.25, 0.3) is 0 Å². The molecule has 0 aromatic heterocycles. The molecule has 1 N–H and O–H groups in total. The number of allylic oxidation sites excluding steroid dienone is 2. The van der Waals surface area contributed by atoms with Crippen LogP contribution in [0, 0.1) is 11.3 Å². The second kappa shape index (κ2) is 2.97. The third-order valence-corrected chi connectivity index (χ3v) is 3.19. The van der Waals surface area contributed by atoms with Gasteiger partial charge in [-0.2, -0.15) is 0 Å². The molecule has 0 bridgehead atoms. The monoisotopic (exact) mass is 205 g/mol. The molecule has 2 aliphatic rings. The van der Waals surface area contributed by atoms with E-state index in [1.165, 1.54) is 5.57 Å². The molecular weight excluding hydrogens is 186 g/mol. The summed E-state index contributed by atoms with van der Waals surface area (Å²) in [5.74, 6) is 0.663. The Morgan fingerprint density at radius 3 is 2.73 bits per heavy atom. The summed E-state index contributed by atoms with van der Waals surface area (Å²) in [5, 5.41) is 3.16. The number of carbonyl (C=O) groups excluding carboxylic acids is 1. The Labute approximate surface area is 91.4 Å². The zero-order valence-electron chi connectivity index (χ0n) is 9.92. The molecule has 2 nitrogen and oxygen atoms in total. The molecule has 2 atom stereocenters. The molecule has 82 valence electrons. The van der Waals surface area contributed by atoms with Crippen LogP contribution < -0.4 is 5.32 Å². The first-order valence-electron chi connectivity index (χ1n) is 5.54. The molecule has 1 amide bonds. The van der Waals surface area contributed by atoms with E-state index in [2.05, 4.69) is 30.5 Å². The Kier molecular flexibility index (Phi) is 2.07. The molecular formula is C13H19NO. The summed E-state index contributed by atoms with van der Waals surface area (Å²) in [5.41, 5.74) is 0.952. The molecule has 0 aromatic rings. The zero-order chi connectivity index (χ0) is 11.3. The van der Waals surface area contributed by atoms with Crippen molar-refractivity contribution < 1.29 is 4.79 Å². The van der Waals surface area contributed by atoms with E-state index in [0.717, 1.165) is 6.42 Å². The van der Waals surface area contributed by atoms with E-state index in [0.29, 0.717) is 5.92 Å². The molecule has 0 saturated heterocycles. The fourth-order valence-electron chi connectivity index (χ4n) is 1.94. The molecule has 1 fully saturated rings. The molecule has 0 spiro atoms. The van der Waals surface area contributed by atoms with Gasteiger partial charge in [0, 0.05) is 11.3 Å². The van der Waals surface area contributed by atoms with Gasteiger partial charge in [0.2, 0.25) is 5.91 Å². The first-order chi connectivity index (χ1) is 6.83.